The van der Waals surface area contributed by atoms with Crippen LogP contribution in [0.25, 0.3) is 0 Å². The normalized spacial score (nSPS) is 19.3. The van der Waals surface area contributed by atoms with Crippen molar-refractivity contribution in [2.75, 3.05) is 39.9 Å². The minimum atomic E-state index is -0.216. The topological polar surface area (TPSA) is 84.7 Å². The number of hydrogen-bond acceptors (Lipinski definition) is 4. The monoisotopic (exact) mass is 257 g/mol. The highest BCUT2D eigenvalue weighted by molar-refractivity contribution is 5.89. The Morgan fingerprint density at radius 1 is 1.56 bits per heavy atom. The molecule has 3 N–H and O–H groups in total. The number of methoxy groups -OCH3 is 1. The Morgan fingerprint density at radius 3 is 3.00 bits per heavy atom. The van der Waals surface area contributed by atoms with E-state index in [1.54, 1.807) is 12.0 Å². The molecule has 0 aromatic carbocycles. The molecule has 0 spiro atoms. The molecule has 1 unspecified atom stereocenters. The van der Waals surface area contributed by atoms with E-state index in [0.29, 0.717) is 39.2 Å². The average Bonchev–Trinajstić information content (AvgIpc) is 2.73. The summed E-state index contributed by atoms with van der Waals surface area (Å²) < 4.78 is 4.93. The van der Waals surface area contributed by atoms with Gasteiger partial charge < -0.3 is 20.7 Å². The van der Waals surface area contributed by atoms with Crippen LogP contribution in [-0.4, -0.2) is 56.6 Å². The molecule has 104 valence electrons. The number of hydrogen-bond donors (Lipinski definition) is 2. The summed E-state index contributed by atoms with van der Waals surface area (Å²) in [6.45, 7) is 2.86. The zero-order chi connectivity index (χ0) is 13.4. The van der Waals surface area contributed by atoms with Gasteiger partial charge in [0.25, 0.3) is 0 Å². The molecule has 0 radical (unpaired) electrons. The van der Waals surface area contributed by atoms with E-state index >= 15 is 0 Å². The second-order valence-corrected chi connectivity index (χ2v) is 4.52. The standard InChI is InChI=1S/C12H23N3O3/c1-18-7-6-15-9-10(8-11(15)16)12(17)14-5-3-2-4-13/h10H,2-9,13H2,1H3,(H,14,17). The van der Waals surface area contributed by atoms with E-state index < -0.39 is 0 Å². The van der Waals surface area contributed by atoms with Gasteiger partial charge in [0.2, 0.25) is 11.8 Å². The maximum Gasteiger partial charge on any atom is 0.225 e. The molecule has 0 bridgehead atoms. The van der Waals surface area contributed by atoms with Gasteiger partial charge in [-0.2, -0.15) is 0 Å². The third-order valence-corrected chi connectivity index (χ3v) is 3.08. The predicted molar refractivity (Wildman–Crippen MR) is 67.9 cm³/mol. The second kappa shape index (κ2) is 8.05. The van der Waals surface area contributed by atoms with Crippen molar-refractivity contribution in [3.8, 4) is 0 Å². The highest BCUT2D eigenvalue weighted by Crippen LogP contribution is 2.17. The lowest BCUT2D eigenvalue weighted by Crippen LogP contribution is -2.34. The van der Waals surface area contributed by atoms with Gasteiger partial charge >= 0.3 is 0 Å². The SMILES string of the molecule is COCCN1CC(C(=O)NCCCCN)CC1=O. The summed E-state index contributed by atoms with van der Waals surface area (Å²) in [5.41, 5.74) is 5.37. The van der Waals surface area contributed by atoms with Crippen LogP contribution >= 0.6 is 0 Å². The zero-order valence-corrected chi connectivity index (χ0v) is 11.0. The molecule has 6 nitrogen and oxygen atoms in total. The summed E-state index contributed by atoms with van der Waals surface area (Å²) in [7, 11) is 1.60. The van der Waals surface area contributed by atoms with Crippen LogP contribution in [0, 0.1) is 5.92 Å². The molecule has 1 aliphatic rings. The van der Waals surface area contributed by atoms with Gasteiger partial charge in [0.15, 0.2) is 0 Å². The number of unbranched alkanes of at least 4 members (excludes halogenated alkanes) is 1. The number of likely N-dealkylation sites (tertiary alicyclic amines) is 1. The summed E-state index contributed by atoms with van der Waals surface area (Å²) in [6, 6.07) is 0. The smallest absolute Gasteiger partial charge is 0.225 e. The maximum absolute atomic E-state index is 11.8. The molecule has 6 heteroatoms. The molecule has 0 aromatic heterocycles. The van der Waals surface area contributed by atoms with Crippen molar-refractivity contribution in [3.63, 3.8) is 0 Å². The van der Waals surface area contributed by atoms with Crippen LogP contribution in [0.4, 0.5) is 0 Å². The van der Waals surface area contributed by atoms with Crippen LogP contribution < -0.4 is 11.1 Å². The molecule has 1 rings (SSSR count). The molecule has 1 fully saturated rings. The fourth-order valence-corrected chi connectivity index (χ4v) is 1.99. The Balaban J connectivity index is 2.26. The van der Waals surface area contributed by atoms with E-state index in [4.69, 9.17) is 10.5 Å². The van der Waals surface area contributed by atoms with Crippen molar-refractivity contribution in [1.29, 1.82) is 0 Å². The van der Waals surface area contributed by atoms with Gasteiger partial charge in [-0.3, -0.25) is 9.59 Å². The molecule has 1 atom stereocenters. The van der Waals surface area contributed by atoms with Crippen LogP contribution in [0.3, 0.4) is 0 Å². The largest absolute Gasteiger partial charge is 0.383 e. The first-order valence-electron chi connectivity index (χ1n) is 6.43. The van der Waals surface area contributed by atoms with Crippen molar-refractivity contribution in [2.24, 2.45) is 11.7 Å². The Morgan fingerprint density at radius 2 is 2.33 bits per heavy atom. The van der Waals surface area contributed by atoms with Gasteiger partial charge in [0.1, 0.15) is 0 Å². The highest BCUT2D eigenvalue weighted by Gasteiger charge is 2.33. The summed E-state index contributed by atoms with van der Waals surface area (Å²) in [5, 5.41) is 2.85. The van der Waals surface area contributed by atoms with Gasteiger partial charge in [0, 0.05) is 33.2 Å². The van der Waals surface area contributed by atoms with E-state index in [1.807, 2.05) is 0 Å². The Hall–Kier alpha value is -1.14. The zero-order valence-electron chi connectivity index (χ0n) is 11.0. The molecule has 0 aromatic rings. The lowest BCUT2D eigenvalue weighted by atomic mass is 10.1. The number of carbonyl (C=O) groups is 2. The summed E-state index contributed by atoms with van der Waals surface area (Å²) in [4.78, 5) is 25.2. The first-order valence-corrected chi connectivity index (χ1v) is 6.43. The lowest BCUT2D eigenvalue weighted by Gasteiger charge is -2.15. The van der Waals surface area contributed by atoms with Crippen molar-refractivity contribution in [2.45, 2.75) is 19.3 Å². The average molecular weight is 257 g/mol. The molecule has 0 aliphatic carbocycles. The van der Waals surface area contributed by atoms with Crippen molar-refractivity contribution in [1.82, 2.24) is 10.2 Å². The second-order valence-electron chi connectivity index (χ2n) is 4.52. The molecular weight excluding hydrogens is 234 g/mol. The van der Waals surface area contributed by atoms with E-state index in [-0.39, 0.29) is 17.7 Å². The van der Waals surface area contributed by atoms with Gasteiger partial charge in [-0.05, 0) is 19.4 Å². The minimum absolute atomic E-state index is 0.0275. The Kier molecular flexibility index (Phi) is 6.67. The maximum atomic E-state index is 11.8. The Bertz CT molecular complexity index is 284. The summed E-state index contributed by atoms with van der Waals surface area (Å²) in [6.07, 6.45) is 2.10. The third-order valence-electron chi connectivity index (χ3n) is 3.08. The van der Waals surface area contributed by atoms with E-state index in [2.05, 4.69) is 5.32 Å². The van der Waals surface area contributed by atoms with Crippen LogP contribution in [0.5, 0.6) is 0 Å². The quantitative estimate of drug-likeness (QED) is 0.565. The van der Waals surface area contributed by atoms with Gasteiger partial charge in [-0.25, -0.2) is 0 Å². The first-order chi connectivity index (χ1) is 8.69. The third kappa shape index (κ3) is 4.62. The number of nitrogens with two attached hydrogens (primary N) is 1. The minimum Gasteiger partial charge on any atom is -0.383 e. The molecule has 1 heterocycles. The fourth-order valence-electron chi connectivity index (χ4n) is 1.99. The van der Waals surface area contributed by atoms with E-state index in [9.17, 15) is 9.59 Å². The van der Waals surface area contributed by atoms with Crippen LogP contribution in [0.2, 0.25) is 0 Å². The molecule has 1 aliphatic heterocycles. The van der Waals surface area contributed by atoms with Crippen molar-refractivity contribution in [3.05, 3.63) is 0 Å². The summed E-state index contributed by atoms with van der Waals surface area (Å²) in [5.74, 6) is -0.207. The van der Waals surface area contributed by atoms with Crippen molar-refractivity contribution < 1.29 is 14.3 Å². The van der Waals surface area contributed by atoms with E-state index in [0.717, 1.165) is 12.8 Å². The van der Waals surface area contributed by atoms with Gasteiger partial charge in [0.05, 0.1) is 12.5 Å². The van der Waals surface area contributed by atoms with Crippen LogP contribution in [0.15, 0.2) is 0 Å². The number of ether oxygens (including phenoxy) is 1. The van der Waals surface area contributed by atoms with Crippen LogP contribution in [-0.2, 0) is 14.3 Å². The predicted octanol–water partition coefficient (Wildman–Crippen LogP) is -0.664. The van der Waals surface area contributed by atoms with Gasteiger partial charge in [-0.1, -0.05) is 0 Å². The number of nitrogens with one attached hydrogen (secondary N) is 1. The molecular formula is C12H23N3O3. The van der Waals surface area contributed by atoms with E-state index in [1.165, 1.54) is 0 Å². The highest BCUT2D eigenvalue weighted by atomic mass is 16.5. The Labute approximate surface area is 108 Å². The molecule has 1 saturated heterocycles. The number of amides is 2. The lowest BCUT2D eigenvalue weighted by molar-refractivity contribution is -0.129. The fraction of sp³-hybridized carbons (Fsp3) is 0.833. The number of rotatable bonds is 8. The molecule has 0 saturated carbocycles. The number of carbonyl (C=O) groups excluding carboxylic acids is 2. The number of nitrogens with zero attached hydrogens (tertiary/aromatic N) is 1. The molecule has 18 heavy (non-hydrogen) atoms. The first kappa shape index (κ1) is 14.9. The van der Waals surface area contributed by atoms with Crippen LogP contribution in [0.1, 0.15) is 19.3 Å². The molecule has 2 amide bonds. The summed E-state index contributed by atoms with van der Waals surface area (Å²) >= 11 is 0. The van der Waals surface area contributed by atoms with Gasteiger partial charge in [-0.15, -0.1) is 0 Å². The van der Waals surface area contributed by atoms with Crippen molar-refractivity contribution >= 4 is 11.8 Å².